The Morgan fingerprint density at radius 1 is 1.22 bits per heavy atom. The standard InChI is InChI=1S/C19H16F2N4OS/c1-3-10-25-18(13-6-8-22-9-7-13)23-24-19(25)27-12(2)17(26)14-4-5-15(20)16(21)11-14/h3-9,11-12H,1,10H2,2H3. The Morgan fingerprint density at radius 2 is 1.96 bits per heavy atom. The third-order valence-corrected chi connectivity index (χ3v) is 4.90. The van der Waals surface area contributed by atoms with Crippen molar-refractivity contribution in [1.29, 1.82) is 0 Å². The summed E-state index contributed by atoms with van der Waals surface area (Å²) in [5.41, 5.74) is 0.948. The zero-order chi connectivity index (χ0) is 19.4. The first-order chi connectivity index (χ1) is 13.0. The Kier molecular flexibility index (Phi) is 5.75. The quantitative estimate of drug-likeness (QED) is 0.347. The molecule has 0 saturated heterocycles. The molecule has 1 atom stereocenters. The molecular formula is C19H16F2N4OS. The van der Waals surface area contributed by atoms with Gasteiger partial charge in [-0.3, -0.25) is 14.3 Å². The van der Waals surface area contributed by atoms with E-state index < -0.39 is 16.9 Å². The predicted molar refractivity (Wildman–Crippen MR) is 99.5 cm³/mol. The zero-order valence-corrected chi connectivity index (χ0v) is 15.3. The summed E-state index contributed by atoms with van der Waals surface area (Å²) in [4.78, 5) is 16.5. The average molecular weight is 386 g/mol. The topological polar surface area (TPSA) is 60.7 Å². The van der Waals surface area contributed by atoms with Gasteiger partial charge in [-0.1, -0.05) is 17.8 Å². The fourth-order valence-electron chi connectivity index (χ4n) is 2.48. The van der Waals surface area contributed by atoms with Crippen LogP contribution in [0, 0.1) is 11.6 Å². The number of aromatic nitrogens is 4. The Morgan fingerprint density at radius 3 is 2.63 bits per heavy atom. The normalized spacial score (nSPS) is 12.0. The monoisotopic (exact) mass is 386 g/mol. The third-order valence-electron chi connectivity index (χ3n) is 3.82. The van der Waals surface area contributed by atoms with Crippen molar-refractivity contribution in [2.45, 2.75) is 23.9 Å². The van der Waals surface area contributed by atoms with Crippen LogP contribution in [0.1, 0.15) is 17.3 Å². The van der Waals surface area contributed by atoms with E-state index in [4.69, 9.17) is 0 Å². The molecule has 1 aromatic carbocycles. The highest BCUT2D eigenvalue weighted by Crippen LogP contribution is 2.28. The minimum absolute atomic E-state index is 0.109. The molecule has 0 aliphatic heterocycles. The van der Waals surface area contributed by atoms with Crippen LogP contribution in [-0.4, -0.2) is 30.8 Å². The van der Waals surface area contributed by atoms with Gasteiger partial charge in [-0.15, -0.1) is 16.8 Å². The number of thioether (sulfide) groups is 1. The van der Waals surface area contributed by atoms with E-state index in [1.54, 1.807) is 25.4 Å². The number of rotatable bonds is 7. The van der Waals surface area contributed by atoms with Gasteiger partial charge in [-0.2, -0.15) is 0 Å². The lowest BCUT2D eigenvalue weighted by atomic mass is 10.1. The molecule has 0 saturated carbocycles. The minimum Gasteiger partial charge on any atom is -0.298 e. The van der Waals surface area contributed by atoms with Gasteiger partial charge in [-0.05, 0) is 37.3 Å². The van der Waals surface area contributed by atoms with Crippen molar-refractivity contribution in [3.05, 3.63) is 72.6 Å². The number of pyridine rings is 1. The van der Waals surface area contributed by atoms with E-state index in [0.717, 1.165) is 17.7 Å². The van der Waals surface area contributed by atoms with Gasteiger partial charge in [0.15, 0.2) is 28.4 Å². The van der Waals surface area contributed by atoms with Crippen molar-refractivity contribution < 1.29 is 13.6 Å². The average Bonchev–Trinajstić information content (AvgIpc) is 3.07. The van der Waals surface area contributed by atoms with Crippen LogP contribution in [0.3, 0.4) is 0 Å². The summed E-state index contributed by atoms with van der Waals surface area (Å²) in [6, 6.07) is 6.75. The molecule has 0 amide bonds. The molecule has 1 unspecified atom stereocenters. The maximum Gasteiger partial charge on any atom is 0.192 e. The number of hydrogen-bond donors (Lipinski definition) is 0. The molecule has 0 N–H and O–H groups in total. The number of carbonyl (C=O) groups is 1. The molecule has 0 spiro atoms. The molecule has 0 bridgehead atoms. The van der Waals surface area contributed by atoms with Gasteiger partial charge in [0, 0.05) is 30.1 Å². The van der Waals surface area contributed by atoms with E-state index in [2.05, 4.69) is 21.8 Å². The summed E-state index contributed by atoms with van der Waals surface area (Å²) >= 11 is 1.20. The molecule has 0 radical (unpaired) electrons. The van der Waals surface area contributed by atoms with Gasteiger partial charge in [0.25, 0.3) is 0 Å². The van der Waals surface area contributed by atoms with Crippen LogP contribution < -0.4 is 0 Å². The highest BCUT2D eigenvalue weighted by atomic mass is 32.2. The maximum absolute atomic E-state index is 13.4. The van der Waals surface area contributed by atoms with Crippen molar-refractivity contribution in [1.82, 2.24) is 19.7 Å². The number of ketones is 1. The molecule has 0 aliphatic rings. The molecular weight excluding hydrogens is 370 g/mol. The number of hydrogen-bond acceptors (Lipinski definition) is 5. The molecule has 5 nitrogen and oxygen atoms in total. The predicted octanol–water partition coefficient (Wildman–Crippen LogP) is 4.17. The second kappa shape index (κ2) is 8.22. The highest BCUT2D eigenvalue weighted by molar-refractivity contribution is 8.00. The summed E-state index contributed by atoms with van der Waals surface area (Å²) in [7, 11) is 0. The van der Waals surface area contributed by atoms with Gasteiger partial charge in [0.1, 0.15) is 0 Å². The highest BCUT2D eigenvalue weighted by Gasteiger charge is 2.22. The number of allylic oxidation sites excluding steroid dienone is 1. The lowest BCUT2D eigenvalue weighted by Gasteiger charge is -2.12. The fraction of sp³-hybridized carbons (Fsp3) is 0.158. The first-order valence-corrected chi connectivity index (χ1v) is 8.99. The van der Waals surface area contributed by atoms with Crippen LogP contribution in [0.5, 0.6) is 0 Å². The van der Waals surface area contributed by atoms with Crippen LogP contribution in [-0.2, 0) is 6.54 Å². The van der Waals surface area contributed by atoms with Gasteiger partial charge >= 0.3 is 0 Å². The van der Waals surface area contributed by atoms with E-state index in [-0.39, 0.29) is 11.3 Å². The lowest BCUT2D eigenvalue weighted by molar-refractivity contribution is 0.0993. The van der Waals surface area contributed by atoms with Crippen molar-refractivity contribution >= 4 is 17.5 Å². The van der Waals surface area contributed by atoms with Gasteiger partial charge in [0.05, 0.1) is 5.25 Å². The van der Waals surface area contributed by atoms with Crippen molar-refractivity contribution in [2.24, 2.45) is 0 Å². The van der Waals surface area contributed by atoms with E-state index in [1.165, 1.54) is 17.8 Å². The molecule has 8 heteroatoms. The SMILES string of the molecule is C=CCn1c(SC(C)C(=O)c2ccc(F)c(F)c2)nnc1-c1ccncc1. The number of benzene rings is 1. The molecule has 0 aliphatic carbocycles. The Hall–Kier alpha value is -2.87. The van der Waals surface area contributed by atoms with Crippen LogP contribution in [0.15, 0.2) is 60.5 Å². The smallest absolute Gasteiger partial charge is 0.192 e. The second-order valence-electron chi connectivity index (χ2n) is 5.69. The van der Waals surface area contributed by atoms with Gasteiger partial charge in [-0.25, -0.2) is 8.78 Å². The van der Waals surface area contributed by atoms with Gasteiger partial charge < -0.3 is 0 Å². The summed E-state index contributed by atoms with van der Waals surface area (Å²) in [5, 5.41) is 8.36. The van der Waals surface area contributed by atoms with E-state index in [9.17, 15) is 13.6 Å². The first-order valence-electron chi connectivity index (χ1n) is 8.11. The van der Waals surface area contributed by atoms with Crippen LogP contribution in [0.2, 0.25) is 0 Å². The summed E-state index contributed by atoms with van der Waals surface area (Å²) < 4.78 is 28.3. The number of Topliss-reactive ketones (excluding diaryl/α,β-unsaturated/α-hetero) is 1. The van der Waals surface area contributed by atoms with Crippen molar-refractivity contribution in [3.8, 4) is 11.4 Å². The van der Waals surface area contributed by atoms with Crippen LogP contribution in [0.25, 0.3) is 11.4 Å². The molecule has 2 heterocycles. The van der Waals surface area contributed by atoms with E-state index in [1.807, 2.05) is 16.7 Å². The zero-order valence-electron chi connectivity index (χ0n) is 14.5. The summed E-state index contributed by atoms with van der Waals surface area (Å²) in [6.45, 7) is 5.89. The number of halogens is 2. The Balaban J connectivity index is 1.86. The molecule has 138 valence electrons. The largest absolute Gasteiger partial charge is 0.298 e. The lowest BCUT2D eigenvalue weighted by Crippen LogP contribution is -2.15. The summed E-state index contributed by atoms with van der Waals surface area (Å²) in [5.74, 6) is -1.72. The first kappa shape index (κ1) is 18.9. The number of carbonyl (C=O) groups excluding carboxylic acids is 1. The van der Waals surface area contributed by atoms with Crippen molar-refractivity contribution in [3.63, 3.8) is 0 Å². The Labute approximate surface area is 159 Å². The van der Waals surface area contributed by atoms with Crippen LogP contribution in [0.4, 0.5) is 8.78 Å². The summed E-state index contributed by atoms with van der Waals surface area (Å²) in [6.07, 6.45) is 5.02. The Bertz CT molecular complexity index is 975. The number of nitrogens with zero attached hydrogens (tertiary/aromatic N) is 4. The molecule has 27 heavy (non-hydrogen) atoms. The second-order valence-corrected chi connectivity index (χ2v) is 7.00. The molecule has 0 fully saturated rings. The molecule has 3 rings (SSSR count). The third kappa shape index (κ3) is 4.11. The molecule has 3 aromatic rings. The minimum atomic E-state index is -1.05. The van der Waals surface area contributed by atoms with E-state index in [0.29, 0.717) is 17.5 Å². The van der Waals surface area contributed by atoms with Crippen molar-refractivity contribution in [2.75, 3.05) is 0 Å². The van der Waals surface area contributed by atoms with Gasteiger partial charge in [0.2, 0.25) is 0 Å². The van der Waals surface area contributed by atoms with Crippen LogP contribution >= 0.6 is 11.8 Å². The van der Waals surface area contributed by atoms with E-state index >= 15 is 0 Å². The maximum atomic E-state index is 13.4. The fourth-order valence-corrected chi connectivity index (χ4v) is 3.42. The molecule has 2 aromatic heterocycles.